The second-order valence-electron chi connectivity index (χ2n) is 6.14. The topological polar surface area (TPSA) is 108 Å². The third-order valence-electron chi connectivity index (χ3n) is 4.05. The molecular weight excluding hydrogens is 368 g/mol. The Morgan fingerprint density at radius 3 is 2.55 bits per heavy atom. The van der Waals surface area contributed by atoms with Crippen LogP contribution in [-0.2, 0) is 11.3 Å². The van der Waals surface area contributed by atoms with Crippen molar-refractivity contribution in [3.8, 4) is 5.69 Å². The van der Waals surface area contributed by atoms with E-state index in [2.05, 4.69) is 20.3 Å². The van der Waals surface area contributed by atoms with E-state index in [0.717, 1.165) is 11.4 Å². The van der Waals surface area contributed by atoms with E-state index in [1.165, 1.54) is 0 Å². The first-order valence-corrected chi connectivity index (χ1v) is 8.90. The molecular formula is C21H18N6O2. The van der Waals surface area contributed by atoms with E-state index in [1.807, 2.05) is 65.5 Å². The number of anilines is 3. The zero-order chi connectivity index (χ0) is 20.1. The van der Waals surface area contributed by atoms with Crippen LogP contribution in [0.25, 0.3) is 5.69 Å². The number of nitrogens with two attached hydrogens (primary N) is 1. The Hall–Kier alpha value is -4.20. The maximum Gasteiger partial charge on any atom is 0.338 e. The molecule has 144 valence electrons. The van der Waals surface area contributed by atoms with Gasteiger partial charge in [0.15, 0.2) is 12.4 Å². The molecule has 29 heavy (non-hydrogen) atoms. The van der Waals surface area contributed by atoms with E-state index in [9.17, 15) is 4.79 Å². The van der Waals surface area contributed by atoms with Gasteiger partial charge in [-0.1, -0.05) is 24.3 Å². The number of hydrogen-bond acceptors (Lipinski definition) is 7. The van der Waals surface area contributed by atoms with Gasteiger partial charge in [0, 0.05) is 23.8 Å². The number of esters is 1. The third-order valence-corrected chi connectivity index (χ3v) is 4.05. The number of nitrogen functional groups attached to an aromatic ring is 1. The fourth-order valence-corrected chi connectivity index (χ4v) is 2.72. The van der Waals surface area contributed by atoms with Gasteiger partial charge in [-0.15, -0.1) is 0 Å². The van der Waals surface area contributed by atoms with Gasteiger partial charge in [-0.25, -0.2) is 4.79 Å². The van der Waals surface area contributed by atoms with Crippen LogP contribution in [0.3, 0.4) is 0 Å². The molecule has 2 aromatic carbocycles. The number of hydrogen-bond donors (Lipinski definition) is 2. The van der Waals surface area contributed by atoms with Crippen LogP contribution in [0.5, 0.6) is 0 Å². The lowest BCUT2D eigenvalue weighted by atomic mass is 10.2. The van der Waals surface area contributed by atoms with E-state index in [1.54, 1.807) is 18.2 Å². The SMILES string of the molecule is Nc1nc(COC(=O)c2cccc(-n3cccc3)c2)nc(Nc2ccccc2)n1. The maximum atomic E-state index is 12.5. The predicted octanol–water partition coefficient (Wildman–Crippen LogP) is 3.35. The molecule has 0 aliphatic heterocycles. The zero-order valence-corrected chi connectivity index (χ0v) is 15.4. The van der Waals surface area contributed by atoms with Crippen molar-refractivity contribution < 1.29 is 9.53 Å². The van der Waals surface area contributed by atoms with Crippen molar-refractivity contribution >= 4 is 23.6 Å². The van der Waals surface area contributed by atoms with Gasteiger partial charge in [-0.05, 0) is 42.5 Å². The largest absolute Gasteiger partial charge is 0.454 e. The molecule has 8 heteroatoms. The molecule has 0 aliphatic carbocycles. The second kappa shape index (κ2) is 8.22. The lowest BCUT2D eigenvalue weighted by Gasteiger charge is -2.09. The molecule has 0 spiro atoms. The molecule has 0 saturated heterocycles. The first kappa shape index (κ1) is 18.2. The fraction of sp³-hybridized carbons (Fsp3) is 0.0476. The number of nitrogens with zero attached hydrogens (tertiary/aromatic N) is 4. The molecule has 4 rings (SSSR count). The third kappa shape index (κ3) is 4.56. The van der Waals surface area contributed by atoms with Crippen LogP contribution >= 0.6 is 0 Å². The minimum atomic E-state index is -0.476. The highest BCUT2D eigenvalue weighted by Crippen LogP contribution is 2.15. The molecule has 3 N–H and O–H groups in total. The van der Waals surface area contributed by atoms with Gasteiger partial charge < -0.3 is 20.4 Å². The first-order chi connectivity index (χ1) is 14.2. The van der Waals surface area contributed by atoms with Crippen LogP contribution < -0.4 is 11.1 Å². The number of rotatable bonds is 6. The molecule has 0 amide bonds. The van der Waals surface area contributed by atoms with E-state index >= 15 is 0 Å². The molecule has 0 radical (unpaired) electrons. The van der Waals surface area contributed by atoms with Crippen molar-refractivity contribution in [3.05, 3.63) is 90.5 Å². The van der Waals surface area contributed by atoms with Gasteiger partial charge in [0.1, 0.15) is 0 Å². The Bertz CT molecular complexity index is 1110. The summed E-state index contributed by atoms with van der Waals surface area (Å²) >= 11 is 0. The van der Waals surface area contributed by atoms with Crippen LogP contribution in [-0.4, -0.2) is 25.5 Å². The summed E-state index contributed by atoms with van der Waals surface area (Å²) in [6.07, 6.45) is 3.80. The van der Waals surface area contributed by atoms with Gasteiger partial charge in [0.25, 0.3) is 0 Å². The molecule has 0 atom stereocenters. The summed E-state index contributed by atoms with van der Waals surface area (Å²) in [7, 11) is 0. The minimum absolute atomic E-state index is 0.0408. The monoisotopic (exact) mass is 386 g/mol. The first-order valence-electron chi connectivity index (χ1n) is 8.90. The van der Waals surface area contributed by atoms with E-state index in [4.69, 9.17) is 10.5 Å². The second-order valence-corrected chi connectivity index (χ2v) is 6.14. The fourth-order valence-electron chi connectivity index (χ4n) is 2.72. The summed E-state index contributed by atoms with van der Waals surface area (Å²) in [6.45, 7) is -0.122. The number of nitrogens with one attached hydrogen (secondary N) is 1. The van der Waals surface area contributed by atoms with Crippen molar-refractivity contribution in [3.63, 3.8) is 0 Å². The van der Waals surface area contributed by atoms with Gasteiger partial charge in [-0.2, -0.15) is 15.0 Å². The summed E-state index contributed by atoms with van der Waals surface area (Å²) in [5.41, 5.74) is 7.86. The Labute approximate surface area is 167 Å². The number of benzene rings is 2. The average molecular weight is 386 g/mol. The summed E-state index contributed by atoms with van der Waals surface area (Å²) in [6, 6.07) is 20.4. The summed E-state index contributed by atoms with van der Waals surface area (Å²) < 4.78 is 7.27. The van der Waals surface area contributed by atoms with Gasteiger partial charge in [0.2, 0.25) is 11.9 Å². The number of aromatic nitrogens is 4. The van der Waals surface area contributed by atoms with Crippen molar-refractivity contribution in [1.82, 2.24) is 19.5 Å². The Morgan fingerprint density at radius 2 is 1.76 bits per heavy atom. The van der Waals surface area contributed by atoms with Crippen LogP contribution in [0, 0.1) is 0 Å². The summed E-state index contributed by atoms with van der Waals surface area (Å²) in [5.74, 6) is 0.102. The molecule has 0 fully saturated rings. The highest BCUT2D eigenvalue weighted by Gasteiger charge is 2.11. The minimum Gasteiger partial charge on any atom is -0.454 e. The van der Waals surface area contributed by atoms with Crippen molar-refractivity contribution in [2.75, 3.05) is 11.1 Å². The van der Waals surface area contributed by atoms with Crippen LogP contribution in [0.1, 0.15) is 16.2 Å². The highest BCUT2D eigenvalue weighted by atomic mass is 16.5. The van der Waals surface area contributed by atoms with E-state index < -0.39 is 5.97 Å². The number of ether oxygens (including phenoxy) is 1. The van der Waals surface area contributed by atoms with Crippen LogP contribution in [0.2, 0.25) is 0 Å². The Balaban J connectivity index is 1.45. The Morgan fingerprint density at radius 1 is 0.966 bits per heavy atom. The molecule has 0 saturated carbocycles. The molecule has 0 unspecified atom stereocenters. The van der Waals surface area contributed by atoms with E-state index in [-0.39, 0.29) is 24.3 Å². The molecule has 2 aromatic heterocycles. The quantitative estimate of drug-likeness (QED) is 0.489. The van der Waals surface area contributed by atoms with Crippen LogP contribution in [0.4, 0.5) is 17.6 Å². The highest BCUT2D eigenvalue weighted by molar-refractivity contribution is 5.90. The average Bonchev–Trinajstić information content (AvgIpc) is 3.27. The molecule has 2 heterocycles. The summed E-state index contributed by atoms with van der Waals surface area (Å²) in [4.78, 5) is 24.8. The lowest BCUT2D eigenvalue weighted by molar-refractivity contribution is 0.0462. The molecule has 8 nitrogen and oxygen atoms in total. The Kier molecular flexibility index (Phi) is 5.15. The van der Waals surface area contributed by atoms with Crippen LogP contribution in [0.15, 0.2) is 79.1 Å². The molecule has 0 bridgehead atoms. The van der Waals surface area contributed by atoms with Gasteiger partial charge >= 0.3 is 5.97 Å². The predicted molar refractivity (Wildman–Crippen MR) is 109 cm³/mol. The smallest absolute Gasteiger partial charge is 0.338 e. The van der Waals surface area contributed by atoms with Crippen molar-refractivity contribution in [2.45, 2.75) is 6.61 Å². The maximum absolute atomic E-state index is 12.5. The summed E-state index contributed by atoms with van der Waals surface area (Å²) in [5, 5.41) is 3.04. The van der Waals surface area contributed by atoms with E-state index in [0.29, 0.717) is 5.56 Å². The standard InChI is InChI=1S/C21H18N6O2/c22-20-24-18(25-21(26-20)23-16-8-2-1-3-9-16)14-29-19(28)15-7-6-10-17(13-15)27-11-4-5-12-27/h1-13H,14H2,(H3,22,23,24,25,26). The van der Waals surface area contributed by atoms with Gasteiger partial charge in [-0.3, -0.25) is 0 Å². The zero-order valence-electron chi connectivity index (χ0n) is 15.4. The van der Waals surface area contributed by atoms with Gasteiger partial charge in [0.05, 0.1) is 5.56 Å². The number of para-hydroxylation sites is 1. The van der Waals surface area contributed by atoms with Crippen molar-refractivity contribution in [2.24, 2.45) is 0 Å². The molecule has 4 aromatic rings. The lowest BCUT2D eigenvalue weighted by Crippen LogP contribution is -2.11. The number of carbonyl (C=O) groups is 1. The van der Waals surface area contributed by atoms with Crippen molar-refractivity contribution in [1.29, 1.82) is 0 Å². The normalized spacial score (nSPS) is 10.5. The number of carbonyl (C=O) groups excluding carboxylic acids is 1. The molecule has 0 aliphatic rings.